The normalized spacial score (nSPS) is 24.5. The smallest absolute Gasteiger partial charge is 0.230 e. The molecule has 0 aromatic rings. The van der Waals surface area contributed by atoms with Crippen molar-refractivity contribution in [2.75, 3.05) is 19.6 Å². The van der Waals surface area contributed by atoms with Crippen molar-refractivity contribution in [1.82, 2.24) is 4.90 Å². The highest BCUT2D eigenvalue weighted by Gasteiger charge is 2.50. The lowest BCUT2D eigenvalue weighted by Gasteiger charge is -2.27. The third kappa shape index (κ3) is 1.48. The van der Waals surface area contributed by atoms with Gasteiger partial charge >= 0.3 is 0 Å². The molecular formula is C10H16N2O. The van der Waals surface area contributed by atoms with Crippen molar-refractivity contribution in [3.8, 4) is 0 Å². The Kier molecular flexibility index (Phi) is 2.12. The molecule has 1 amide bonds. The first kappa shape index (κ1) is 8.75. The maximum atomic E-state index is 11.9. The largest absolute Gasteiger partial charge is 0.338 e. The van der Waals surface area contributed by atoms with Gasteiger partial charge in [-0.25, -0.2) is 0 Å². The van der Waals surface area contributed by atoms with Gasteiger partial charge in [0.05, 0.1) is 5.41 Å². The Balaban J connectivity index is 2.00. The number of carbonyl (C=O) groups is 1. The van der Waals surface area contributed by atoms with E-state index in [1.165, 1.54) is 0 Å². The molecule has 13 heavy (non-hydrogen) atoms. The van der Waals surface area contributed by atoms with Crippen LogP contribution in [0.4, 0.5) is 0 Å². The van der Waals surface area contributed by atoms with Gasteiger partial charge in [-0.3, -0.25) is 4.79 Å². The molecule has 3 nitrogen and oxygen atoms in total. The summed E-state index contributed by atoms with van der Waals surface area (Å²) in [6.07, 6.45) is 7.16. The van der Waals surface area contributed by atoms with Gasteiger partial charge in [0, 0.05) is 19.6 Å². The number of rotatable bonds is 2. The fraction of sp³-hybridized carbons (Fsp3) is 0.700. The number of nitrogens with two attached hydrogens (primary N) is 1. The lowest BCUT2D eigenvalue weighted by atomic mass is 10.0. The Morgan fingerprint density at radius 2 is 2.23 bits per heavy atom. The van der Waals surface area contributed by atoms with Gasteiger partial charge < -0.3 is 10.6 Å². The Hall–Kier alpha value is -0.830. The fourth-order valence-electron chi connectivity index (χ4n) is 1.82. The molecule has 1 aliphatic heterocycles. The van der Waals surface area contributed by atoms with Crippen molar-refractivity contribution in [2.45, 2.75) is 19.3 Å². The molecule has 0 unspecified atom stereocenters. The van der Waals surface area contributed by atoms with E-state index in [0.29, 0.717) is 6.54 Å². The zero-order valence-electron chi connectivity index (χ0n) is 7.83. The maximum absolute atomic E-state index is 11.9. The summed E-state index contributed by atoms with van der Waals surface area (Å²) in [4.78, 5) is 13.9. The van der Waals surface area contributed by atoms with Crippen LogP contribution in [0.1, 0.15) is 19.3 Å². The molecule has 1 heterocycles. The number of amides is 1. The van der Waals surface area contributed by atoms with Crippen LogP contribution in [0.25, 0.3) is 0 Å². The van der Waals surface area contributed by atoms with Crippen LogP contribution < -0.4 is 5.73 Å². The molecule has 3 heteroatoms. The van der Waals surface area contributed by atoms with Gasteiger partial charge in [0.2, 0.25) is 5.91 Å². The van der Waals surface area contributed by atoms with E-state index in [2.05, 4.69) is 12.2 Å². The maximum Gasteiger partial charge on any atom is 0.230 e. The van der Waals surface area contributed by atoms with Crippen LogP contribution in [0.2, 0.25) is 0 Å². The average Bonchev–Trinajstić information content (AvgIpc) is 2.99. The Bertz CT molecular complexity index is 243. The molecule has 1 saturated carbocycles. The van der Waals surface area contributed by atoms with E-state index in [1.807, 2.05) is 4.90 Å². The standard InChI is InChI=1S/C10H16N2O/c11-8-10(4-5-10)9(13)12-6-2-1-3-7-12/h1-2H,3-8,11H2. The van der Waals surface area contributed by atoms with E-state index in [1.54, 1.807) is 0 Å². The van der Waals surface area contributed by atoms with E-state index in [4.69, 9.17) is 5.73 Å². The minimum atomic E-state index is -0.162. The summed E-state index contributed by atoms with van der Waals surface area (Å²) in [6.45, 7) is 2.17. The highest BCUT2D eigenvalue weighted by molar-refractivity contribution is 5.85. The van der Waals surface area contributed by atoms with Gasteiger partial charge in [-0.15, -0.1) is 0 Å². The molecule has 1 fully saturated rings. The van der Waals surface area contributed by atoms with Crippen molar-refractivity contribution in [3.63, 3.8) is 0 Å². The lowest BCUT2D eigenvalue weighted by molar-refractivity contribution is -0.136. The first-order chi connectivity index (χ1) is 6.28. The summed E-state index contributed by atoms with van der Waals surface area (Å²) in [5.74, 6) is 0.277. The van der Waals surface area contributed by atoms with Gasteiger partial charge in [0.1, 0.15) is 0 Å². The van der Waals surface area contributed by atoms with Crippen molar-refractivity contribution in [2.24, 2.45) is 11.1 Å². The molecule has 2 aliphatic rings. The molecule has 0 spiro atoms. The molecule has 2 rings (SSSR count). The quantitative estimate of drug-likeness (QED) is 0.629. The summed E-state index contributed by atoms with van der Waals surface area (Å²) in [5, 5.41) is 0. The van der Waals surface area contributed by atoms with E-state index in [0.717, 1.165) is 32.4 Å². The molecule has 72 valence electrons. The van der Waals surface area contributed by atoms with Gasteiger partial charge in [0.25, 0.3) is 0 Å². The van der Waals surface area contributed by atoms with Crippen molar-refractivity contribution in [1.29, 1.82) is 0 Å². The molecule has 0 aromatic carbocycles. The topological polar surface area (TPSA) is 46.3 Å². The fourth-order valence-corrected chi connectivity index (χ4v) is 1.82. The Morgan fingerprint density at radius 1 is 1.46 bits per heavy atom. The zero-order valence-corrected chi connectivity index (χ0v) is 7.83. The first-order valence-electron chi connectivity index (χ1n) is 4.93. The number of hydrogen-bond donors (Lipinski definition) is 1. The predicted molar refractivity (Wildman–Crippen MR) is 51.1 cm³/mol. The molecule has 1 aliphatic carbocycles. The Labute approximate surface area is 78.6 Å². The molecular weight excluding hydrogens is 164 g/mol. The monoisotopic (exact) mass is 180 g/mol. The van der Waals surface area contributed by atoms with E-state index >= 15 is 0 Å². The average molecular weight is 180 g/mol. The van der Waals surface area contributed by atoms with Crippen molar-refractivity contribution in [3.05, 3.63) is 12.2 Å². The third-order valence-corrected chi connectivity index (χ3v) is 3.04. The second-order valence-corrected chi connectivity index (χ2v) is 4.00. The third-order valence-electron chi connectivity index (χ3n) is 3.04. The molecule has 0 saturated heterocycles. The van der Waals surface area contributed by atoms with E-state index in [9.17, 15) is 4.79 Å². The SMILES string of the molecule is NCC1(C(=O)N2CC=CCC2)CC1. The second-order valence-electron chi connectivity index (χ2n) is 4.00. The number of nitrogens with zero attached hydrogens (tertiary/aromatic N) is 1. The van der Waals surface area contributed by atoms with Gasteiger partial charge in [0.15, 0.2) is 0 Å². The number of hydrogen-bond acceptors (Lipinski definition) is 2. The first-order valence-corrected chi connectivity index (χ1v) is 4.93. The Morgan fingerprint density at radius 3 is 2.69 bits per heavy atom. The van der Waals surface area contributed by atoms with Gasteiger partial charge in [-0.05, 0) is 19.3 Å². The zero-order chi connectivity index (χ0) is 9.31. The minimum absolute atomic E-state index is 0.162. The molecule has 0 atom stereocenters. The molecule has 0 radical (unpaired) electrons. The summed E-state index contributed by atoms with van der Waals surface area (Å²) in [5.41, 5.74) is 5.45. The summed E-state index contributed by atoms with van der Waals surface area (Å²) >= 11 is 0. The van der Waals surface area contributed by atoms with Crippen molar-refractivity contribution >= 4 is 5.91 Å². The van der Waals surface area contributed by atoms with Gasteiger partial charge in [-0.1, -0.05) is 12.2 Å². The van der Waals surface area contributed by atoms with Crippen LogP contribution in [0, 0.1) is 5.41 Å². The van der Waals surface area contributed by atoms with Crippen LogP contribution in [-0.2, 0) is 4.79 Å². The van der Waals surface area contributed by atoms with Crippen LogP contribution in [0.3, 0.4) is 0 Å². The number of carbonyl (C=O) groups excluding carboxylic acids is 1. The van der Waals surface area contributed by atoms with E-state index < -0.39 is 0 Å². The van der Waals surface area contributed by atoms with E-state index in [-0.39, 0.29) is 11.3 Å². The molecule has 0 aromatic heterocycles. The van der Waals surface area contributed by atoms with Crippen LogP contribution >= 0.6 is 0 Å². The van der Waals surface area contributed by atoms with Crippen LogP contribution in [-0.4, -0.2) is 30.4 Å². The minimum Gasteiger partial charge on any atom is -0.338 e. The predicted octanol–water partition coefficient (Wildman–Crippen LogP) is 0.514. The lowest BCUT2D eigenvalue weighted by Crippen LogP contribution is -2.42. The van der Waals surface area contributed by atoms with Crippen LogP contribution in [0.15, 0.2) is 12.2 Å². The van der Waals surface area contributed by atoms with Crippen molar-refractivity contribution < 1.29 is 4.79 Å². The van der Waals surface area contributed by atoms with Crippen LogP contribution in [0.5, 0.6) is 0 Å². The molecule has 0 bridgehead atoms. The highest BCUT2D eigenvalue weighted by Crippen LogP contribution is 2.46. The second kappa shape index (κ2) is 3.14. The molecule has 2 N–H and O–H groups in total. The summed E-state index contributed by atoms with van der Waals surface area (Å²) in [7, 11) is 0. The highest BCUT2D eigenvalue weighted by atomic mass is 16.2. The summed E-state index contributed by atoms with van der Waals surface area (Å²) < 4.78 is 0. The summed E-state index contributed by atoms with van der Waals surface area (Å²) in [6, 6.07) is 0. The van der Waals surface area contributed by atoms with Gasteiger partial charge in [-0.2, -0.15) is 0 Å².